The molecule has 1 aliphatic rings. The topological polar surface area (TPSA) is 45.2 Å². The number of amides is 1. The van der Waals surface area contributed by atoms with Crippen LogP contribution in [0.1, 0.15) is 18.9 Å². The molecule has 1 N–H and O–H groups in total. The van der Waals surface area contributed by atoms with Gasteiger partial charge in [-0.15, -0.1) is 0 Å². The van der Waals surface area contributed by atoms with Gasteiger partial charge in [0.15, 0.2) is 0 Å². The lowest BCUT2D eigenvalue weighted by molar-refractivity contribution is -0.123. The van der Waals surface area contributed by atoms with E-state index < -0.39 is 0 Å². The number of carbonyl (C=O) groups is 1. The van der Waals surface area contributed by atoms with Crippen LogP contribution in [0.3, 0.4) is 0 Å². The van der Waals surface area contributed by atoms with Crippen LogP contribution in [0.15, 0.2) is 16.7 Å². The number of rotatable bonds is 2. The fraction of sp³-hybridized carbons (Fsp3) is 0.500. The van der Waals surface area contributed by atoms with E-state index in [1.165, 1.54) is 0 Å². The highest BCUT2D eigenvalue weighted by Crippen LogP contribution is 2.27. The predicted molar refractivity (Wildman–Crippen MR) is 71.1 cm³/mol. The van der Waals surface area contributed by atoms with Crippen molar-refractivity contribution in [2.75, 3.05) is 18.0 Å². The lowest BCUT2D eigenvalue weighted by Gasteiger charge is -2.35. The molecule has 5 heteroatoms. The highest BCUT2D eigenvalue weighted by molar-refractivity contribution is 9.10. The Bertz CT molecular complexity index is 436. The average molecular weight is 298 g/mol. The summed E-state index contributed by atoms with van der Waals surface area (Å²) >= 11 is 3.52. The number of nitrogens with zero attached hydrogens (tertiary/aromatic N) is 2. The van der Waals surface area contributed by atoms with Crippen molar-refractivity contribution in [3.63, 3.8) is 0 Å². The van der Waals surface area contributed by atoms with E-state index in [4.69, 9.17) is 0 Å². The highest BCUT2D eigenvalue weighted by atomic mass is 79.9. The SMILES string of the molecule is CCC1C(=O)NCCN1c1ncc(C)cc1Br. The van der Waals surface area contributed by atoms with E-state index in [0.29, 0.717) is 6.54 Å². The Balaban J connectivity index is 2.33. The third kappa shape index (κ3) is 2.44. The summed E-state index contributed by atoms with van der Waals surface area (Å²) < 4.78 is 0.950. The molecule has 2 rings (SSSR count). The summed E-state index contributed by atoms with van der Waals surface area (Å²) in [6, 6.07) is 1.91. The lowest BCUT2D eigenvalue weighted by Crippen LogP contribution is -2.55. The molecule has 0 saturated carbocycles. The second-order valence-corrected chi connectivity index (χ2v) is 5.08. The molecule has 0 radical (unpaired) electrons. The Hall–Kier alpha value is -1.10. The van der Waals surface area contributed by atoms with E-state index in [1.807, 2.05) is 26.1 Å². The average Bonchev–Trinajstić information content (AvgIpc) is 2.29. The molecule has 1 atom stereocenters. The third-order valence-electron chi connectivity index (χ3n) is 2.95. The molecule has 1 aromatic heterocycles. The van der Waals surface area contributed by atoms with Crippen LogP contribution < -0.4 is 10.2 Å². The quantitative estimate of drug-likeness (QED) is 0.906. The van der Waals surface area contributed by atoms with Gasteiger partial charge in [-0.1, -0.05) is 6.92 Å². The van der Waals surface area contributed by atoms with Crippen LogP contribution in [-0.2, 0) is 4.79 Å². The predicted octanol–water partition coefficient (Wildman–Crippen LogP) is 1.87. The van der Waals surface area contributed by atoms with Crippen molar-refractivity contribution in [2.45, 2.75) is 26.3 Å². The summed E-state index contributed by atoms with van der Waals surface area (Å²) in [5.74, 6) is 0.949. The molecule has 0 aliphatic carbocycles. The van der Waals surface area contributed by atoms with Gasteiger partial charge in [-0.3, -0.25) is 4.79 Å². The molecule has 1 saturated heterocycles. The number of anilines is 1. The summed E-state index contributed by atoms with van der Waals surface area (Å²) in [7, 11) is 0. The van der Waals surface area contributed by atoms with E-state index >= 15 is 0 Å². The van der Waals surface area contributed by atoms with Crippen molar-refractivity contribution >= 4 is 27.7 Å². The van der Waals surface area contributed by atoms with Crippen molar-refractivity contribution < 1.29 is 4.79 Å². The van der Waals surface area contributed by atoms with Gasteiger partial charge in [0.1, 0.15) is 11.9 Å². The smallest absolute Gasteiger partial charge is 0.242 e. The van der Waals surface area contributed by atoms with Crippen molar-refractivity contribution in [3.05, 3.63) is 22.3 Å². The minimum absolute atomic E-state index is 0.0908. The largest absolute Gasteiger partial charge is 0.353 e. The van der Waals surface area contributed by atoms with Gasteiger partial charge in [0.2, 0.25) is 5.91 Å². The number of piperazine rings is 1. The Labute approximate surface area is 110 Å². The highest BCUT2D eigenvalue weighted by Gasteiger charge is 2.29. The van der Waals surface area contributed by atoms with Crippen LogP contribution in [-0.4, -0.2) is 30.0 Å². The molecule has 0 aromatic carbocycles. The number of hydrogen-bond donors (Lipinski definition) is 1. The Morgan fingerprint density at radius 2 is 2.41 bits per heavy atom. The fourth-order valence-corrected chi connectivity index (χ4v) is 2.80. The number of aryl methyl sites for hydroxylation is 1. The van der Waals surface area contributed by atoms with Gasteiger partial charge in [0.05, 0.1) is 4.47 Å². The molecule has 1 amide bonds. The first-order valence-corrected chi connectivity index (χ1v) is 6.59. The molecule has 1 aliphatic heterocycles. The molecule has 17 heavy (non-hydrogen) atoms. The first kappa shape index (κ1) is 12.4. The number of carbonyl (C=O) groups excluding carboxylic acids is 1. The van der Waals surface area contributed by atoms with Crippen LogP contribution in [0, 0.1) is 6.92 Å². The van der Waals surface area contributed by atoms with E-state index in [2.05, 4.69) is 31.1 Å². The zero-order valence-electron chi connectivity index (χ0n) is 10.0. The first-order chi connectivity index (χ1) is 8.13. The summed E-state index contributed by atoms with van der Waals surface area (Å²) in [6.07, 6.45) is 2.62. The number of hydrogen-bond acceptors (Lipinski definition) is 3. The summed E-state index contributed by atoms with van der Waals surface area (Å²) in [5, 5.41) is 2.89. The third-order valence-corrected chi connectivity index (χ3v) is 3.53. The zero-order chi connectivity index (χ0) is 12.4. The molecule has 1 fully saturated rings. The number of aromatic nitrogens is 1. The summed E-state index contributed by atoms with van der Waals surface area (Å²) in [6.45, 7) is 5.50. The molecule has 4 nitrogen and oxygen atoms in total. The minimum atomic E-state index is -0.116. The van der Waals surface area contributed by atoms with Gasteiger partial charge >= 0.3 is 0 Å². The standard InChI is InChI=1S/C12H16BrN3O/c1-3-10-12(17)14-4-5-16(10)11-9(13)6-8(2)7-15-11/h6-7,10H,3-5H2,1-2H3,(H,14,17). The van der Waals surface area contributed by atoms with E-state index in [-0.39, 0.29) is 11.9 Å². The van der Waals surface area contributed by atoms with Gasteiger partial charge in [-0.05, 0) is 40.9 Å². The fourth-order valence-electron chi connectivity index (χ4n) is 2.11. The van der Waals surface area contributed by atoms with Crippen LogP contribution in [0.2, 0.25) is 0 Å². The van der Waals surface area contributed by atoms with E-state index in [9.17, 15) is 4.79 Å². The zero-order valence-corrected chi connectivity index (χ0v) is 11.6. The van der Waals surface area contributed by atoms with Crippen LogP contribution in [0.5, 0.6) is 0 Å². The summed E-state index contributed by atoms with van der Waals surface area (Å²) in [4.78, 5) is 18.3. The maximum absolute atomic E-state index is 11.8. The molecule has 0 spiro atoms. The van der Waals surface area contributed by atoms with Crippen molar-refractivity contribution in [1.29, 1.82) is 0 Å². The van der Waals surface area contributed by atoms with E-state index in [1.54, 1.807) is 0 Å². The normalized spacial score (nSPS) is 20.3. The van der Waals surface area contributed by atoms with Crippen molar-refractivity contribution in [2.24, 2.45) is 0 Å². The maximum Gasteiger partial charge on any atom is 0.242 e. The molecule has 1 unspecified atom stereocenters. The van der Waals surface area contributed by atoms with Crippen molar-refractivity contribution in [3.8, 4) is 0 Å². The second kappa shape index (κ2) is 5.04. The Kier molecular flexibility index (Phi) is 3.66. The molecule has 92 valence electrons. The van der Waals surface area contributed by atoms with Gasteiger partial charge < -0.3 is 10.2 Å². The minimum Gasteiger partial charge on any atom is -0.353 e. The Morgan fingerprint density at radius 1 is 1.65 bits per heavy atom. The second-order valence-electron chi connectivity index (χ2n) is 4.23. The molecule has 1 aromatic rings. The molecule has 0 bridgehead atoms. The van der Waals surface area contributed by atoms with E-state index in [0.717, 1.165) is 28.8 Å². The van der Waals surface area contributed by atoms with Gasteiger partial charge in [-0.25, -0.2) is 4.98 Å². The van der Waals surface area contributed by atoms with Crippen molar-refractivity contribution in [1.82, 2.24) is 10.3 Å². The Morgan fingerprint density at radius 3 is 3.06 bits per heavy atom. The van der Waals surface area contributed by atoms with Gasteiger partial charge in [0.25, 0.3) is 0 Å². The lowest BCUT2D eigenvalue weighted by atomic mass is 10.1. The maximum atomic E-state index is 11.8. The number of halogens is 1. The van der Waals surface area contributed by atoms with Crippen LogP contribution in [0.4, 0.5) is 5.82 Å². The molecular weight excluding hydrogens is 282 g/mol. The number of pyridine rings is 1. The molecule has 2 heterocycles. The molecular formula is C12H16BrN3O. The number of nitrogens with one attached hydrogen (secondary N) is 1. The van der Waals surface area contributed by atoms with Crippen LogP contribution >= 0.6 is 15.9 Å². The van der Waals surface area contributed by atoms with Crippen LogP contribution in [0.25, 0.3) is 0 Å². The van der Waals surface area contributed by atoms with Gasteiger partial charge in [-0.2, -0.15) is 0 Å². The first-order valence-electron chi connectivity index (χ1n) is 5.80. The summed E-state index contributed by atoms with van der Waals surface area (Å²) in [5.41, 5.74) is 1.11. The monoisotopic (exact) mass is 297 g/mol. The van der Waals surface area contributed by atoms with Gasteiger partial charge in [0, 0.05) is 19.3 Å².